The summed E-state index contributed by atoms with van der Waals surface area (Å²) in [4.78, 5) is 24.2. The van der Waals surface area contributed by atoms with Crippen LogP contribution in [0.3, 0.4) is 0 Å². The number of esters is 2. The van der Waals surface area contributed by atoms with Crippen molar-refractivity contribution < 1.29 is 14.3 Å². The molecule has 0 aromatic rings. The number of hydrogen-bond acceptors (Lipinski definition) is 3. The van der Waals surface area contributed by atoms with E-state index in [1.54, 1.807) is 0 Å². The van der Waals surface area contributed by atoms with Gasteiger partial charge in [-0.3, -0.25) is 9.59 Å². The van der Waals surface area contributed by atoms with Gasteiger partial charge in [-0.25, -0.2) is 0 Å². The van der Waals surface area contributed by atoms with Crippen molar-refractivity contribution in [3.63, 3.8) is 0 Å². The van der Waals surface area contributed by atoms with Gasteiger partial charge in [-0.15, -0.1) is 0 Å². The fraction of sp³-hybridized carbons (Fsp3) is 0.765. The predicted octanol–water partition coefficient (Wildman–Crippen LogP) is 3.34. The summed E-state index contributed by atoms with van der Waals surface area (Å²) in [6, 6.07) is 0. The number of cyclic esters (lactones) is 2. The standard InChI is InChI=1S/C17H24O3/c1-10-6-7-11(13-12(10)14(18)20-15(13)19)17(4)9-5-8-16(17,2)3/h6-7,10-13H,5,8-9H2,1-4H3/t10-,11+,12-,13+,17-/m1/s1. The second kappa shape index (κ2) is 4.19. The van der Waals surface area contributed by atoms with Crippen molar-refractivity contribution in [1.82, 2.24) is 0 Å². The Bertz CT molecular complexity index is 490. The van der Waals surface area contributed by atoms with Crippen LogP contribution in [-0.2, 0) is 14.3 Å². The zero-order valence-electron chi connectivity index (χ0n) is 12.8. The number of hydrogen-bond donors (Lipinski definition) is 0. The largest absolute Gasteiger partial charge is 0.393 e. The summed E-state index contributed by atoms with van der Waals surface area (Å²) < 4.78 is 4.96. The van der Waals surface area contributed by atoms with Crippen molar-refractivity contribution in [2.75, 3.05) is 0 Å². The first-order chi connectivity index (χ1) is 9.28. The minimum atomic E-state index is -0.318. The van der Waals surface area contributed by atoms with Gasteiger partial charge in [0.05, 0.1) is 11.8 Å². The Balaban J connectivity index is 2.04. The van der Waals surface area contributed by atoms with Crippen LogP contribution in [-0.4, -0.2) is 11.9 Å². The fourth-order valence-corrected chi connectivity index (χ4v) is 4.72. The zero-order chi connectivity index (χ0) is 14.7. The molecule has 3 nitrogen and oxygen atoms in total. The molecule has 1 saturated carbocycles. The topological polar surface area (TPSA) is 43.4 Å². The van der Waals surface area contributed by atoms with E-state index in [1.165, 1.54) is 12.8 Å². The van der Waals surface area contributed by atoms with Crippen LogP contribution in [0.2, 0.25) is 0 Å². The molecule has 0 N–H and O–H groups in total. The third-order valence-electron chi connectivity index (χ3n) is 6.49. The molecule has 1 heterocycles. The monoisotopic (exact) mass is 276 g/mol. The van der Waals surface area contributed by atoms with Crippen LogP contribution in [0.4, 0.5) is 0 Å². The smallest absolute Gasteiger partial charge is 0.318 e. The zero-order valence-corrected chi connectivity index (χ0v) is 12.8. The summed E-state index contributed by atoms with van der Waals surface area (Å²) in [5.41, 5.74) is 0.259. The van der Waals surface area contributed by atoms with Gasteiger partial charge in [0.25, 0.3) is 0 Å². The molecule has 0 radical (unpaired) electrons. The lowest BCUT2D eigenvalue weighted by atomic mass is 9.55. The average Bonchev–Trinajstić information content (AvgIpc) is 2.79. The molecule has 3 rings (SSSR count). The van der Waals surface area contributed by atoms with E-state index in [0.29, 0.717) is 0 Å². The maximum atomic E-state index is 12.2. The van der Waals surface area contributed by atoms with Gasteiger partial charge in [-0.1, -0.05) is 46.3 Å². The van der Waals surface area contributed by atoms with Crippen molar-refractivity contribution in [2.24, 2.45) is 34.5 Å². The molecular weight excluding hydrogens is 252 g/mol. The van der Waals surface area contributed by atoms with Gasteiger partial charge in [-0.05, 0) is 35.5 Å². The van der Waals surface area contributed by atoms with Crippen LogP contribution in [0.1, 0.15) is 47.0 Å². The molecule has 0 unspecified atom stereocenters. The Morgan fingerprint density at radius 2 is 1.70 bits per heavy atom. The SMILES string of the molecule is C[C@@H]1C=C[C@H]([C@@]2(C)CCCC2(C)C)[C@@H]2C(=O)OC(=O)[C@@H]21. The van der Waals surface area contributed by atoms with Gasteiger partial charge in [0.1, 0.15) is 0 Å². The lowest BCUT2D eigenvalue weighted by molar-refractivity contribution is -0.154. The van der Waals surface area contributed by atoms with Gasteiger partial charge in [0, 0.05) is 0 Å². The fourth-order valence-electron chi connectivity index (χ4n) is 4.72. The van der Waals surface area contributed by atoms with E-state index in [4.69, 9.17) is 4.74 Å². The number of ether oxygens (including phenoxy) is 1. The maximum Gasteiger partial charge on any atom is 0.318 e. The van der Waals surface area contributed by atoms with Gasteiger partial charge >= 0.3 is 11.9 Å². The van der Waals surface area contributed by atoms with E-state index >= 15 is 0 Å². The summed E-state index contributed by atoms with van der Waals surface area (Å²) in [6.07, 6.45) is 7.81. The number of carbonyl (C=O) groups excluding carboxylic acids is 2. The molecule has 0 amide bonds. The highest BCUT2D eigenvalue weighted by Crippen LogP contribution is 2.61. The summed E-state index contributed by atoms with van der Waals surface area (Å²) >= 11 is 0. The molecule has 0 bridgehead atoms. The van der Waals surface area contributed by atoms with Crippen LogP contribution in [0, 0.1) is 34.5 Å². The Labute approximate surface area is 120 Å². The normalized spacial score (nSPS) is 46.4. The van der Waals surface area contributed by atoms with Gasteiger partial charge < -0.3 is 4.74 Å². The molecule has 2 aliphatic carbocycles. The van der Waals surface area contributed by atoms with Crippen LogP contribution in [0.5, 0.6) is 0 Å². The van der Waals surface area contributed by atoms with Crippen LogP contribution < -0.4 is 0 Å². The number of carbonyl (C=O) groups is 2. The van der Waals surface area contributed by atoms with E-state index in [-0.39, 0.29) is 46.4 Å². The van der Waals surface area contributed by atoms with Crippen molar-refractivity contribution >= 4 is 11.9 Å². The van der Waals surface area contributed by atoms with E-state index in [2.05, 4.69) is 32.9 Å². The van der Waals surface area contributed by atoms with E-state index < -0.39 is 0 Å². The predicted molar refractivity (Wildman–Crippen MR) is 75.6 cm³/mol. The second-order valence-electron chi connectivity index (χ2n) is 7.72. The van der Waals surface area contributed by atoms with Crippen molar-refractivity contribution in [3.8, 4) is 0 Å². The Morgan fingerprint density at radius 3 is 2.30 bits per heavy atom. The molecular formula is C17H24O3. The van der Waals surface area contributed by atoms with Crippen molar-refractivity contribution in [1.29, 1.82) is 0 Å². The third kappa shape index (κ3) is 1.64. The molecule has 2 fully saturated rings. The maximum absolute atomic E-state index is 12.2. The highest BCUT2D eigenvalue weighted by Gasteiger charge is 2.59. The molecule has 0 aromatic heterocycles. The van der Waals surface area contributed by atoms with Crippen LogP contribution >= 0.6 is 0 Å². The van der Waals surface area contributed by atoms with E-state index in [1.807, 2.05) is 6.92 Å². The lowest BCUT2D eigenvalue weighted by Gasteiger charge is -2.47. The lowest BCUT2D eigenvalue weighted by Crippen LogP contribution is -2.45. The number of rotatable bonds is 1. The van der Waals surface area contributed by atoms with Gasteiger partial charge in [-0.2, -0.15) is 0 Å². The first-order valence-corrected chi connectivity index (χ1v) is 7.72. The third-order valence-corrected chi connectivity index (χ3v) is 6.49. The van der Waals surface area contributed by atoms with Crippen molar-refractivity contribution in [3.05, 3.63) is 12.2 Å². The van der Waals surface area contributed by atoms with Crippen LogP contribution in [0.15, 0.2) is 12.2 Å². The highest BCUT2D eigenvalue weighted by molar-refractivity contribution is 5.97. The molecule has 20 heavy (non-hydrogen) atoms. The minimum absolute atomic E-state index is 0.0657. The molecule has 3 heteroatoms. The van der Waals surface area contributed by atoms with Crippen molar-refractivity contribution in [2.45, 2.75) is 47.0 Å². The second-order valence-corrected chi connectivity index (χ2v) is 7.72. The number of allylic oxidation sites excluding steroid dienone is 2. The molecule has 1 aliphatic heterocycles. The molecule has 1 saturated heterocycles. The summed E-state index contributed by atoms with van der Waals surface area (Å²) in [5, 5.41) is 0. The molecule has 3 aliphatic rings. The molecule has 0 aromatic carbocycles. The van der Waals surface area contributed by atoms with E-state index in [0.717, 1.165) is 6.42 Å². The first-order valence-electron chi connectivity index (χ1n) is 7.72. The number of fused-ring (bicyclic) bond motifs is 1. The molecule has 5 atom stereocenters. The Kier molecular flexibility index (Phi) is 2.90. The van der Waals surface area contributed by atoms with Gasteiger partial charge in [0.15, 0.2) is 0 Å². The Hall–Kier alpha value is -1.12. The Morgan fingerprint density at radius 1 is 1.05 bits per heavy atom. The summed E-state index contributed by atoms with van der Waals surface area (Å²) in [5.74, 6) is -0.939. The average molecular weight is 276 g/mol. The molecule has 110 valence electrons. The summed E-state index contributed by atoms with van der Waals surface area (Å²) in [7, 11) is 0. The highest BCUT2D eigenvalue weighted by atomic mass is 16.6. The molecule has 0 spiro atoms. The summed E-state index contributed by atoms with van der Waals surface area (Å²) in [6.45, 7) is 8.89. The minimum Gasteiger partial charge on any atom is -0.393 e. The van der Waals surface area contributed by atoms with E-state index in [9.17, 15) is 9.59 Å². The quantitative estimate of drug-likeness (QED) is 0.419. The van der Waals surface area contributed by atoms with Crippen LogP contribution in [0.25, 0.3) is 0 Å². The first kappa shape index (κ1) is 13.8. The van der Waals surface area contributed by atoms with Gasteiger partial charge in [0.2, 0.25) is 0 Å².